The third-order valence-corrected chi connectivity index (χ3v) is 5.38. The number of hydrogen-bond acceptors (Lipinski definition) is 4. The SMILES string of the molecule is CCCc1[nH]n(-c2nc3ccccc3s2)c(=O)c1C(C)=Nc1ccccc1. The number of nitrogens with zero attached hydrogens (tertiary/aromatic N) is 3. The summed E-state index contributed by atoms with van der Waals surface area (Å²) >= 11 is 1.50. The fourth-order valence-corrected chi connectivity index (χ4v) is 4.05. The maximum Gasteiger partial charge on any atom is 0.282 e. The minimum Gasteiger partial charge on any atom is -0.292 e. The summed E-state index contributed by atoms with van der Waals surface area (Å²) in [6.07, 6.45) is 1.72. The molecule has 0 spiro atoms. The number of aromatic nitrogens is 3. The van der Waals surface area contributed by atoms with Crippen LogP contribution in [0.25, 0.3) is 15.3 Å². The molecule has 0 fully saturated rings. The van der Waals surface area contributed by atoms with Crippen LogP contribution < -0.4 is 5.56 Å². The van der Waals surface area contributed by atoms with Crippen molar-refractivity contribution in [2.24, 2.45) is 4.99 Å². The molecule has 0 saturated heterocycles. The number of hydrogen-bond donors (Lipinski definition) is 1. The number of benzene rings is 2. The van der Waals surface area contributed by atoms with Crippen LogP contribution in [0, 0.1) is 0 Å². The van der Waals surface area contributed by atoms with E-state index in [1.807, 2.05) is 61.5 Å². The molecule has 0 radical (unpaired) electrons. The van der Waals surface area contributed by atoms with Crippen molar-refractivity contribution < 1.29 is 0 Å². The maximum absolute atomic E-state index is 13.2. The summed E-state index contributed by atoms with van der Waals surface area (Å²) < 4.78 is 2.61. The fourth-order valence-electron chi connectivity index (χ4n) is 3.13. The van der Waals surface area contributed by atoms with E-state index in [1.54, 1.807) is 4.68 Å². The normalized spacial score (nSPS) is 12.0. The van der Waals surface area contributed by atoms with Crippen LogP contribution >= 0.6 is 11.3 Å². The second kappa shape index (κ2) is 7.32. The van der Waals surface area contributed by atoms with Gasteiger partial charge >= 0.3 is 0 Å². The molecule has 0 aliphatic heterocycles. The summed E-state index contributed by atoms with van der Waals surface area (Å²) in [5.74, 6) is 0. The minimum atomic E-state index is -0.102. The molecule has 4 rings (SSSR count). The van der Waals surface area contributed by atoms with E-state index >= 15 is 0 Å². The summed E-state index contributed by atoms with van der Waals surface area (Å²) in [6.45, 7) is 3.99. The molecule has 0 bridgehead atoms. The average Bonchev–Trinajstić information content (AvgIpc) is 3.23. The van der Waals surface area contributed by atoms with Crippen molar-refractivity contribution in [3.05, 3.63) is 76.2 Å². The lowest BCUT2D eigenvalue weighted by Gasteiger charge is -2.01. The van der Waals surface area contributed by atoms with E-state index in [-0.39, 0.29) is 5.56 Å². The van der Waals surface area contributed by atoms with Crippen LogP contribution in [0.4, 0.5) is 5.69 Å². The van der Waals surface area contributed by atoms with Crippen LogP contribution in [-0.2, 0) is 6.42 Å². The Hall–Kier alpha value is -2.99. The van der Waals surface area contributed by atoms with E-state index in [9.17, 15) is 4.79 Å². The predicted octanol–water partition coefficient (Wildman–Crippen LogP) is 4.87. The molecule has 27 heavy (non-hydrogen) atoms. The van der Waals surface area contributed by atoms with Crippen LogP contribution in [0.2, 0.25) is 0 Å². The van der Waals surface area contributed by atoms with Gasteiger partial charge in [0.2, 0.25) is 5.13 Å². The highest BCUT2D eigenvalue weighted by Crippen LogP contribution is 2.24. The third-order valence-electron chi connectivity index (χ3n) is 4.35. The first-order valence-electron chi connectivity index (χ1n) is 8.98. The first-order chi connectivity index (χ1) is 13.2. The highest BCUT2D eigenvalue weighted by atomic mass is 32.1. The third kappa shape index (κ3) is 3.36. The van der Waals surface area contributed by atoms with E-state index in [0.29, 0.717) is 16.4 Å². The maximum atomic E-state index is 13.2. The van der Waals surface area contributed by atoms with Crippen LogP contribution in [0.3, 0.4) is 0 Å². The molecule has 6 heteroatoms. The van der Waals surface area contributed by atoms with Gasteiger partial charge in [0.25, 0.3) is 5.56 Å². The largest absolute Gasteiger partial charge is 0.292 e. The number of para-hydroxylation sites is 2. The van der Waals surface area contributed by atoms with Crippen molar-refractivity contribution in [1.29, 1.82) is 0 Å². The molecule has 0 amide bonds. The molecular weight excluding hydrogens is 356 g/mol. The zero-order valence-electron chi connectivity index (χ0n) is 15.3. The number of aromatic amines is 1. The second-order valence-electron chi connectivity index (χ2n) is 6.35. The van der Waals surface area contributed by atoms with Gasteiger partial charge in [-0.15, -0.1) is 0 Å². The number of fused-ring (bicyclic) bond motifs is 1. The molecule has 4 aromatic rings. The standard InChI is InChI=1S/C21H20N4OS/c1-3-9-17-19(14(2)22-15-10-5-4-6-11-15)20(26)25(24-17)21-23-16-12-7-8-13-18(16)27-21/h4-8,10-13,24H,3,9H2,1-2H3. The van der Waals surface area contributed by atoms with Crippen LogP contribution in [0.1, 0.15) is 31.5 Å². The smallest absolute Gasteiger partial charge is 0.282 e. The number of H-pyrrole nitrogens is 1. The first-order valence-corrected chi connectivity index (χ1v) is 9.79. The molecule has 0 aliphatic carbocycles. The number of thiazole rings is 1. The fraction of sp³-hybridized carbons (Fsp3) is 0.190. The molecule has 0 saturated carbocycles. The quantitative estimate of drug-likeness (QED) is 0.505. The summed E-state index contributed by atoms with van der Waals surface area (Å²) in [5.41, 5.74) is 3.89. The first kappa shape index (κ1) is 17.4. The van der Waals surface area contributed by atoms with Gasteiger partial charge in [0.15, 0.2) is 0 Å². The average molecular weight is 376 g/mol. The molecule has 2 aromatic carbocycles. The van der Waals surface area contributed by atoms with E-state index < -0.39 is 0 Å². The summed E-state index contributed by atoms with van der Waals surface area (Å²) in [5, 5.41) is 3.92. The number of nitrogens with one attached hydrogen (secondary N) is 1. The Labute approximate surface area is 161 Å². The Morgan fingerprint density at radius 3 is 2.63 bits per heavy atom. The zero-order valence-corrected chi connectivity index (χ0v) is 16.1. The summed E-state index contributed by atoms with van der Waals surface area (Å²) in [7, 11) is 0. The molecule has 5 nitrogen and oxygen atoms in total. The van der Waals surface area contributed by atoms with Crippen molar-refractivity contribution in [3.8, 4) is 5.13 Å². The molecule has 0 aliphatic rings. The topological polar surface area (TPSA) is 63.0 Å². The zero-order chi connectivity index (χ0) is 18.8. The van der Waals surface area contributed by atoms with Gasteiger partial charge in [0.05, 0.1) is 27.2 Å². The lowest BCUT2D eigenvalue weighted by molar-refractivity contribution is 0.790. The van der Waals surface area contributed by atoms with Crippen molar-refractivity contribution in [2.75, 3.05) is 0 Å². The monoisotopic (exact) mass is 376 g/mol. The van der Waals surface area contributed by atoms with Gasteiger partial charge < -0.3 is 0 Å². The van der Waals surface area contributed by atoms with Crippen molar-refractivity contribution in [3.63, 3.8) is 0 Å². The number of aliphatic imine (C=N–C) groups is 1. The van der Waals surface area contributed by atoms with Gasteiger partial charge in [-0.2, -0.15) is 4.68 Å². The van der Waals surface area contributed by atoms with Crippen LogP contribution in [0.5, 0.6) is 0 Å². The molecule has 2 aromatic heterocycles. The van der Waals surface area contributed by atoms with E-state index in [4.69, 9.17) is 0 Å². The molecular formula is C21H20N4OS. The Morgan fingerprint density at radius 2 is 1.89 bits per heavy atom. The molecule has 136 valence electrons. The van der Waals surface area contributed by atoms with E-state index in [2.05, 4.69) is 22.0 Å². The lowest BCUT2D eigenvalue weighted by atomic mass is 10.1. The van der Waals surface area contributed by atoms with E-state index in [0.717, 1.165) is 34.4 Å². The summed E-state index contributed by atoms with van der Waals surface area (Å²) in [6, 6.07) is 17.6. The molecule has 1 N–H and O–H groups in total. The number of aryl methyl sites for hydroxylation is 1. The molecule has 0 atom stereocenters. The molecule has 0 unspecified atom stereocenters. The summed E-state index contributed by atoms with van der Waals surface area (Å²) in [4.78, 5) is 22.5. The highest BCUT2D eigenvalue weighted by molar-refractivity contribution is 7.20. The van der Waals surface area contributed by atoms with Gasteiger partial charge in [-0.25, -0.2) is 4.98 Å². The predicted molar refractivity (Wildman–Crippen MR) is 112 cm³/mol. The molecule has 2 heterocycles. The van der Waals surface area contributed by atoms with Gasteiger partial charge in [0.1, 0.15) is 0 Å². The minimum absolute atomic E-state index is 0.102. The Morgan fingerprint density at radius 1 is 1.15 bits per heavy atom. The second-order valence-corrected chi connectivity index (χ2v) is 7.36. The van der Waals surface area contributed by atoms with Gasteiger partial charge in [0, 0.05) is 5.69 Å². The Balaban J connectivity index is 1.84. The van der Waals surface area contributed by atoms with Crippen molar-refractivity contribution >= 4 is 33.0 Å². The Bertz CT molecular complexity index is 1130. The Kier molecular flexibility index (Phi) is 4.73. The van der Waals surface area contributed by atoms with Crippen molar-refractivity contribution in [2.45, 2.75) is 26.7 Å². The van der Waals surface area contributed by atoms with Crippen LogP contribution in [-0.4, -0.2) is 20.5 Å². The highest BCUT2D eigenvalue weighted by Gasteiger charge is 2.19. The lowest BCUT2D eigenvalue weighted by Crippen LogP contribution is -2.19. The van der Waals surface area contributed by atoms with Gasteiger partial charge in [-0.05, 0) is 37.6 Å². The van der Waals surface area contributed by atoms with Gasteiger partial charge in [-0.3, -0.25) is 14.9 Å². The van der Waals surface area contributed by atoms with Crippen LogP contribution in [0.15, 0.2) is 64.4 Å². The van der Waals surface area contributed by atoms with Gasteiger partial charge in [-0.1, -0.05) is 55.0 Å². The number of rotatable bonds is 5. The van der Waals surface area contributed by atoms with Crippen molar-refractivity contribution in [1.82, 2.24) is 14.8 Å². The van der Waals surface area contributed by atoms with E-state index in [1.165, 1.54) is 11.3 Å².